The van der Waals surface area contributed by atoms with Gasteiger partial charge in [-0.2, -0.15) is 0 Å². The number of rotatable bonds is 4. The second kappa shape index (κ2) is 6.47. The Hall–Kier alpha value is -1.25. The molecule has 8 heteroatoms. The molecule has 2 aromatic heterocycles. The van der Waals surface area contributed by atoms with Crippen molar-refractivity contribution in [3.8, 4) is 0 Å². The topological polar surface area (TPSA) is 70.0 Å². The van der Waals surface area contributed by atoms with Crippen molar-refractivity contribution < 1.29 is 0 Å². The standard InChI is InChI=1S/C14H21BrN6O/c1-3-10(9-20-6-4-19(2)5-7-20)21-13-12(18-14(21)22)16-8-11(15)17-13/h8,10H,3-7,9H2,1-2H3,(H,16,18,22). The Morgan fingerprint density at radius 3 is 2.77 bits per heavy atom. The molecular weight excluding hydrogens is 348 g/mol. The second-order valence-electron chi connectivity index (χ2n) is 5.83. The van der Waals surface area contributed by atoms with E-state index in [-0.39, 0.29) is 11.7 Å². The van der Waals surface area contributed by atoms with Gasteiger partial charge in [0.2, 0.25) is 0 Å². The summed E-state index contributed by atoms with van der Waals surface area (Å²) in [5.41, 5.74) is 1.04. The van der Waals surface area contributed by atoms with E-state index in [0.717, 1.165) is 39.1 Å². The maximum absolute atomic E-state index is 12.3. The van der Waals surface area contributed by atoms with Crippen LogP contribution in [0.1, 0.15) is 19.4 Å². The second-order valence-corrected chi connectivity index (χ2v) is 6.64. The third-order valence-corrected chi connectivity index (χ3v) is 4.68. The molecule has 1 aliphatic heterocycles. The van der Waals surface area contributed by atoms with Crippen LogP contribution in [0.2, 0.25) is 0 Å². The molecule has 1 saturated heterocycles. The average Bonchev–Trinajstić information content (AvgIpc) is 2.82. The highest BCUT2D eigenvalue weighted by molar-refractivity contribution is 9.10. The number of halogens is 1. The van der Waals surface area contributed by atoms with Crippen molar-refractivity contribution in [2.45, 2.75) is 19.4 Å². The molecule has 0 spiro atoms. The van der Waals surface area contributed by atoms with Gasteiger partial charge in [0.1, 0.15) is 4.60 Å². The predicted molar refractivity (Wildman–Crippen MR) is 89.1 cm³/mol. The summed E-state index contributed by atoms with van der Waals surface area (Å²) in [5, 5.41) is 0. The van der Waals surface area contributed by atoms with Crippen molar-refractivity contribution in [2.24, 2.45) is 0 Å². The summed E-state index contributed by atoms with van der Waals surface area (Å²) in [5.74, 6) is 0. The minimum absolute atomic E-state index is 0.105. The first-order chi connectivity index (χ1) is 10.6. The van der Waals surface area contributed by atoms with Gasteiger partial charge in [-0.15, -0.1) is 0 Å². The maximum Gasteiger partial charge on any atom is 0.329 e. The first kappa shape index (κ1) is 15.6. The smallest absolute Gasteiger partial charge is 0.304 e. The Kier molecular flexibility index (Phi) is 4.60. The van der Waals surface area contributed by atoms with Crippen LogP contribution >= 0.6 is 15.9 Å². The molecule has 1 atom stereocenters. The highest BCUT2D eigenvalue weighted by atomic mass is 79.9. The lowest BCUT2D eigenvalue weighted by atomic mass is 10.2. The van der Waals surface area contributed by atoms with E-state index >= 15 is 0 Å². The van der Waals surface area contributed by atoms with E-state index in [9.17, 15) is 4.79 Å². The number of hydrogen-bond donors (Lipinski definition) is 1. The van der Waals surface area contributed by atoms with Crippen LogP contribution in [0.5, 0.6) is 0 Å². The SMILES string of the molecule is CCC(CN1CCN(C)CC1)n1c(=O)[nH]c2ncc(Br)nc21. The number of hydrogen-bond acceptors (Lipinski definition) is 5. The number of imidazole rings is 1. The van der Waals surface area contributed by atoms with Gasteiger partial charge >= 0.3 is 5.69 Å². The van der Waals surface area contributed by atoms with Crippen molar-refractivity contribution in [3.63, 3.8) is 0 Å². The van der Waals surface area contributed by atoms with Crippen molar-refractivity contribution >= 4 is 27.2 Å². The molecule has 0 saturated carbocycles. The summed E-state index contributed by atoms with van der Waals surface area (Å²) in [6.45, 7) is 7.21. The number of H-pyrrole nitrogens is 1. The molecule has 0 aromatic carbocycles. The minimum Gasteiger partial charge on any atom is -0.304 e. The van der Waals surface area contributed by atoms with Gasteiger partial charge in [-0.3, -0.25) is 14.5 Å². The fourth-order valence-electron chi connectivity index (χ4n) is 2.93. The number of likely N-dealkylation sites (N-methyl/N-ethyl adjacent to an activating group) is 1. The van der Waals surface area contributed by atoms with Crippen LogP contribution in [0.25, 0.3) is 11.3 Å². The Morgan fingerprint density at radius 1 is 1.36 bits per heavy atom. The predicted octanol–water partition coefficient (Wildman–Crippen LogP) is 1.08. The zero-order valence-electron chi connectivity index (χ0n) is 12.9. The van der Waals surface area contributed by atoms with Crippen LogP contribution in [-0.2, 0) is 0 Å². The highest BCUT2D eigenvalue weighted by Gasteiger charge is 2.22. The quantitative estimate of drug-likeness (QED) is 0.874. The lowest BCUT2D eigenvalue weighted by Crippen LogP contribution is -2.46. The van der Waals surface area contributed by atoms with Crippen LogP contribution < -0.4 is 5.69 Å². The Labute approximate surface area is 137 Å². The molecule has 1 N–H and O–H groups in total. The van der Waals surface area contributed by atoms with E-state index in [1.54, 1.807) is 10.8 Å². The average molecular weight is 369 g/mol. The van der Waals surface area contributed by atoms with Gasteiger partial charge in [0.15, 0.2) is 11.3 Å². The third-order valence-electron chi connectivity index (χ3n) is 4.30. The number of aromatic amines is 1. The summed E-state index contributed by atoms with van der Waals surface area (Å²) < 4.78 is 2.40. The molecule has 0 bridgehead atoms. The van der Waals surface area contributed by atoms with E-state index in [1.165, 1.54) is 0 Å². The van der Waals surface area contributed by atoms with E-state index in [4.69, 9.17) is 0 Å². The molecule has 2 aromatic rings. The molecule has 1 unspecified atom stereocenters. The van der Waals surface area contributed by atoms with Crippen molar-refractivity contribution in [1.82, 2.24) is 29.3 Å². The van der Waals surface area contributed by atoms with Gasteiger partial charge in [0.25, 0.3) is 0 Å². The minimum atomic E-state index is -0.130. The summed E-state index contributed by atoms with van der Waals surface area (Å²) in [6, 6.07) is 0.105. The number of nitrogens with one attached hydrogen (secondary N) is 1. The van der Waals surface area contributed by atoms with Crippen LogP contribution in [-0.4, -0.2) is 69.1 Å². The molecule has 1 fully saturated rings. The van der Waals surface area contributed by atoms with E-state index < -0.39 is 0 Å². The highest BCUT2D eigenvalue weighted by Crippen LogP contribution is 2.18. The molecule has 3 rings (SSSR count). The zero-order chi connectivity index (χ0) is 15.7. The molecule has 7 nitrogen and oxygen atoms in total. The maximum atomic E-state index is 12.3. The molecule has 3 heterocycles. The van der Waals surface area contributed by atoms with E-state index in [2.05, 4.69) is 54.7 Å². The Bertz CT molecular complexity index is 703. The Balaban J connectivity index is 1.88. The summed E-state index contributed by atoms with van der Waals surface area (Å²) in [7, 11) is 2.14. The number of nitrogens with zero attached hydrogens (tertiary/aromatic N) is 5. The summed E-state index contributed by atoms with van der Waals surface area (Å²) in [4.78, 5) is 28.5. The fourth-order valence-corrected chi connectivity index (χ4v) is 3.20. The normalized spacial score (nSPS) is 18.9. The van der Waals surface area contributed by atoms with Crippen LogP contribution in [0, 0.1) is 0 Å². The van der Waals surface area contributed by atoms with Gasteiger partial charge in [-0.05, 0) is 29.4 Å². The number of fused-ring (bicyclic) bond motifs is 1. The van der Waals surface area contributed by atoms with Gasteiger partial charge in [-0.25, -0.2) is 14.8 Å². The van der Waals surface area contributed by atoms with Crippen LogP contribution in [0.3, 0.4) is 0 Å². The summed E-state index contributed by atoms with van der Waals surface area (Å²) >= 11 is 3.33. The zero-order valence-corrected chi connectivity index (χ0v) is 14.5. The fraction of sp³-hybridized carbons (Fsp3) is 0.643. The third kappa shape index (κ3) is 3.09. The first-order valence-electron chi connectivity index (χ1n) is 7.62. The molecule has 0 radical (unpaired) electrons. The number of aromatic nitrogens is 4. The monoisotopic (exact) mass is 368 g/mol. The van der Waals surface area contributed by atoms with Gasteiger partial charge in [0, 0.05) is 32.7 Å². The van der Waals surface area contributed by atoms with Gasteiger partial charge in [-0.1, -0.05) is 6.92 Å². The molecule has 0 aliphatic carbocycles. The molecular formula is C14H21BrN6O. The lowest BCUT2D eigenvalue weighted by Gasteiger charge is -2.34. The number of piperazine rings is 1. The van der Waals surface area contributed by atoms with Crippen molar-refractivity contribution in [1.29, 1.82) is 0 Å². The molecule has 0 amide bonds. The van der Waals surface area contributed by atoms with Crippen LogP contribution in [0.15, 0.2) is 15.6 Å². The first-order valence-corrected chi connectivity index (χ1v) is 8.41. The largest absolute Gasteiger partial charge is 0.329 e. The lowest BCUT2D eigenvalue weighted by molar-refractivity contribution is 0.136. The Morgan fingerprint density at radius 2 is 2.09 bits per heavy atom. The molecule has 120 valence electrons. The van der Waals surface area contributed by atoms with Crippen LogP contribution in [0.4, 0.5) is 0 Å². The van der Waals surface area contributed by atoms with E-state index in [1.807, 2.05) is 0 Å². The van der Waals surface area contributed by atoms with Crippen molar-refractivity contribution in [3.05, 3.63) is 21.3 Å². The molecule has 22 heavy (non-hydrogen) atoms. The van der Waals surface area contributed by atoms with Gasteiger partial charge < -0.3 is 4.90 Å². The van der Waals surface area contributed by atoms with Crippen molar-refractivity contribution in [2.75, 3.05) is 39.8 Å². The molecule has 1 aliphatic rings. The summed E-state index contributed by atoms with van der Waals surface area (Å²) in [6.07, 6.45) is 2.48. The van der Waals surface area contributed by atoms with Gasteiger partial charge in [0.05, 0.1) is 12.2 Å². The van der Waals surface area contributed by atoms with E-state index in [0.29, 0.717) is 15.9 Å².